The Balaban J connectivity index is 1.52. The number of nitriles is 1. The van der Waals surface area contributed by atoms with Crippen LogP contribution in [0.3, 0.4) is 0 Å². The third kappa shape index (κ3) is 4.13. The summed E-state index contributed by atoms with van der Waals surface area (Å²) in [5.41, 5.74) is 3.60. The molecule has 2 aromatic carbocycles. The molecule has 0 aliphatic heterocycles. The Labute approximate surface area is 172 Å². The summed E-state index contributed by atoms with van der Waals surface area (Å²) < 4.78 is 24.5. The summed E-state index contributed by atoms with van der Waals surface area (Å²) in [6.07, 6.45) is 3.22. The number of halogens is 1. The minimum atomic E-state index is -0.293. The molecule has 2 heterocycles. The number of imidazole rings is 1. The highest BCUT2D eigenvalue weighted by Gasteiger charge is 2.12. The van der Waals surface area contributed by atoms with Crippen LogP contribution in [0.15, 0.2) is 67.0 Å². The zero-order valence-corrected chi connectivity index (χ0v) is 16.1. The van der Waals surface area contributed by atoms with Crippen molar-refractivity contribution in [3.63, 3.8) is 0 Å². The highest BCUT2D eigenvalue weighted by molar-refractivity contribution is 5.70. The molecule has 0 saturated carbocycles. The van der Waals surface area contributed by atoms with Crippen molar-refractivity contribution in [3.8, 4) is 40.2 Å². The summed E-state index contributed by atoms with van der Waals surface area (Å²) in [6.45, 7) is 0.271. The lowest BCUT2D eigenvalue weighted by molar-refractivity contribution is 0.299. The molecule has 0 unspecified atom stereocenters. The summed E-state index contributed by atoms with van der Waals surface area (Å²) in [5, 5.41) is 8.83. The van der Waals surface area contributed by atoms with Crippen molar-refractivity contribution in [2.75, 3.05) is 7.11 Å². The van der Waals surface area contributed by atoms with Crippen LogP contribution in [0.5, 0.6) is 11.5 Å². The minimum absolute atomic E-state index is 0.271. The van der Waals surface area contributed by atoms with Crippen LogP contribution in [0.2, 0.25) is 0 Å². The molecule has 0 atom stereocenters. The van der Waals surface area contributed by atoms with E-state index in [0.29, 0.717) is 22.9 Å². The van der Waals surface area contributed by atoms with Crippen LogP contribution in [-0.2, 0) is 6.61 Å². The molecule has 0 saturated heterocycles. The van der Waals surface area contributed by atoms with Crippen LogP contribution < -0.4 is 9.47 Å². The molecule has 2 aromatic heterocycles. The molecule has 0 amide bonds. The van der Waals surface area contributed by atoms with E-state index in [-0.39, 0.29) is 12.4 Å². The molecule has 4 rings (SSSR count). The van der Waals surface area contributed by atoms with E-state index in [4.69, 9.17) is 14.7 Å². The second kappa shape index (κ2) is 8.45. The fraction of sp³-hybridized carbons (Fsp3) is 0.0870. The second-order valence-corrected chi connectivity index (χ2v) is 6.45. The number of H-pyrrole nitrogens is 1. The van der Waals surface area contributed by atoms with Crippen molar-refractivity contribution < 1.29 is 13.9 Å². The maximum absolute atomic E-state index is 13.1. The number of pyridine rings is 1. The Bertz CT molecular complexity index is 1200. The van der Waals surface area contributed by atoms with E-state index < -0.39 is 0 Å². The van der Waals surface area contributed by atoms with Gasteiger partial charge in [0.25, 0.3) is 0 Å². The van der Waals surface area contributed by atoms with Crippen molar-refractivity contribution in [2.45, 2.75) is 6.61 Å². The van der Waals surface area contributed by atoms with Crippen molar-refractivity contribution >= 4 is 0 Å². The molecule has 148 valence electrons. The van der Waals surface area contributed by atoms with Crippen LogP contribution in [0, 0.1) is 17.1 Å². The molecule has 0 radical (unpaired) electrons. The molecule has 4 aromatic rings. The summed E-state index contributed by atoms with van der Waals surface area (Å²) in [7, 11) is 1.59. The SMILES string of the molecule is COc1cc(OCc2ccc(C#N)cn2)ccc1-c1cnc(-c2ccc(F)cc2)[nH]1. The van der Waals surface area contributed by atoms with E-state index in [1.807, 2.05) is 18.2 Å². The molecule has 0 bridgehead atoms. The number of ether oxygens (including phenoxy) is 2. The molecule has 7 heteroatoms. The highest BCUT2D eigenvalue weighted by atomic mass is 19.1. The minimum Gasteiger partial charge on any atom is -0.496 e. The predicted octanol–water partition coefficient (Wildman–Crippen LogP) is 4.74. The van der Waals surface area contributed by atoms with Gasteiger partial charge in [0.1, 0.15) is 35.8 Å². The average Bonchev–Trinajstić information content (AvgIpc) is 3.28. The molecule has 30 heavy (non-hydrogen) atoms. The van der Waals surface area contributed by atoms with Gasteiger partial charge in [0.2, 0.25) is 0 Å². The molecule has 0 aliphatic rings. The number of rotatable bonds is 6. The van der Waals surface area contributed by atoms with Crippen LogP contribution in [0.25, 0.3) is 22.6 Å². The third-order valence-corrected chi connectivity index (χ3v) is 4.50. The van der Waals surface area contributed by atoms with Crippen molar-refractivity contribution in [1.82, 2.24) is 15.0 Å². The van der Waals surface area contributed by atoms with Gasteiger partial charge in [0, 0.05) is 23.4 Å². The lowest BCUT2D eigenvalue weighted by Gasteiger charge is -2.11. The zero-order chi connectivity index (χ0) is 20.9. The monoisotopic (exact) mass is 400 g/mol. The maximum atomic E-state index is 13.1. The van der Waals surface area contributed by atoms with E-state index in [1.54, 1.807) is 43.6 Å². The number of aromatic nitrogens is 3. The maximum Gasteiger partial charge on any atom is 0.137 e. The van der Waals surface area contributed by atoms with Gasteiger partial charge >= 0.3 is 0 Å². The van der Waals surface area contributed by atoms with Gasteiger partial charge in [-0.15, -0.1) is 0 Å². The lowest BCUT2D eigenvalue weighted by atomic mass is 10.1. The van der Waals surface area contributed by atoms with Crippen molar-refractivity contribution in [3.05, 3.63) is 84.1 Å². The number of hydrogen-bond donors (Lipinski definition) is 1. The average molecular weight is 400 g/mol. The Kier molecular flexibility index (Phi) is 5.39. The fourth-order valence-corrected chi connectivity index (χ4v) is 2.93. The van der Waals surface area contributed by atoms with Gasteiger partial charge in [0.15, 0.2) is 0 Å². The van der Waals surface area contributed by atoms with E-state index in [9.17, 15) is 4.39 Å². The number of nitrogens with zero attached hydrogens (tertiary/aromatic N) is 3. The third-order valence-electron chi connectivity index (χ3n) is 4.50. The first-order chi connectivity index (χ1) is 14.7. The summed E-state index contributed by atoms with van der Waals surface area (Å²) in [5.74, 6) is 1.59. The van der Waals surface area contributed by atoms with E-state index >= 15 is 0 Å². The fourth-order valence-electron chi connectivity index (χ4n) is 2.93. The molecule has 0 spiro atoms. The predicted molar refractivity (Wildman–Crippen MR) is 109 cm³/mol. The smallest absolute Gasteiger partial charge is 0.137 e. The Morgan fingerprint density at radius 1 is 1.03 bits per heavy atom. The van der Waals surface area contributed by atoms with Crippen LogP contribution in [0.1, 0.15) is 11.3 Å². The van der Waals surface area contributed by atoms with E-state index in [2.05, 4.69) is 15.0 Å². The number of nitrogens with one attached hydrogen (secondary N) is 1. The van der Waals surface area contributed by atoms with Gasteiger partial charge in [-0.1, -0.05) is 0 Å². The highest BCUT2D eigenvalue weighted by Crippen LogP contribution is 2.33. The molecular formula is C23H17FN4O2. The van der Waals surface area contributed by atoms with Gasteiger partial charge in [-0.25, -0.2) is 9.37 Å². The van der Waals surface area contributed by atoms with Gasteiger partial charge < -0.3 is 14.5 Å². The van der Waals surface area contributed by atoms with Gasteiger partial charge in [0.05, 0.1) is 30.3 Å². The quantitative estimate of drug-likeness (QED) is 0.506. The zero-order valence-electron chi connectivity index (χ0n) is 16.1. The topological polar surface area (TPSA) is 83.8 Å². The Hall–Kier alpha value is -4.18. The molecule has 0 fully saturated rings. The Morgan fingerprint density at radius 2 is 1.87 bits per heavy atom. The van der Waals surface area contributed by atoms with Crippen LogP contribution in [-0.4, -0.2) is 22.1 Å². The molecule has 0 aliphatic carbocycles. The van der Waals surface area contributed by atoms with Crippen molar-refractivity contribution in [2.24, 2.45) is 0 Å². The first-order valence-corrected chi connectivity index (χ1v) is 9.13. The normalized spacial score (nSPS) is 10.4. The summed E-state index contributed by atoms with van der Waals surface area (Å²) in [4.78, 5) is 11.8. The Morgan fingerprint density at radius 3 is 2.57 bits per heavy atom. The van der Waals surface area contributed by atoms with Gasteiger partial charge in [-0.3, -0.25) is 4.98 Å². The van der Waals surface area contributed by atoms with Crippen LogP contribution >= 0.6 is 0 Å². The lowest BCUT2D eigenvalue weighted by Crippen LogP contribution is -1.99. The standard InChI is InChI=1S/C23H17FN4O2/c1-29-22-10-19(30-14-18-7-2-15(11-25)12-26-18)8-9-20(22)21-13-27-23(28-21)16-3-5-17(24)6-4-16/h2-10,12-13H,14H2,1H3,(H,27,28). The largest absolute Gasteiger partial charge is 0.496 e. The number of benzene rings is 2. The first kappa shape index (κ1) is 19.2. The van der Waals surface area contributed by atoms with Gasteiger partial charge in [-0.2, -0.15) is 5.26 Å². The number of methoxy groups -OCH3 is 1. The molecule has 6 nitrogen and oxygen atoms in total. The van der Waals surface area contributed by atoms with E-state index in [0.717, 1.165) is 22.5 Å². The van der Waals surface area contributed by atoms with Gasteiger partial charge in [-0.05, 0) is 48.5 Å². The molecular weight excluding hydrogens is 383 g/mol. The van der Waals surface area contributed by atoms with Crippen LogP contribution in [0.4, 0.5) is 4.39 Å². The van der Waals surface area contributed by atoms with E-state index in [1.165, 1.54) is 18.3 Å². The first-order valence-electron chi connectivity index (χ1n) is 9.13. The number of aromatic amines is 1. The molecule has 1 N–H and O–H groups in total. The summed E-state index contributed by atoms with van der Waals surface area (Å²) in [6, 6.07) is 17.1. The van der Waals surface area contributed by atoms with Crippen molar-refractivity contribution in [1.29, 1.82) is 5.26 Å². The summed E-state index contributed by atoms with van der Waals surface area (Å²) >= 11 is 0. The second-order valence-electron chi connectivity index (χ2n) is 6.45. The number of hydrogen-bond acceptors (Lipinski definition) is 5.